The Morgan fingerprint density at radius 3 is 2.07 bits per heavy atom. The molecule has 0 bridgehead atoms. The number of carbonyl (C=O) groups is 1. The van der Waals surface area contributed by atoms with E-state index >= 15 is 0 Å². The average Bonchev–Trinajstić information content (AvgIpc) is 2.99. The molecule has 1 heterocycles. The third-order valence-corrected chi connectivity index (χ3v) is 6.50. The van der Waals surface area contributed by atoms with E-state index in [0.29, 0.717) is 29.9 Å². The summed E-state index contributed by atoms with van der Waals surface area (Å²) in [5.74, 6) is -0.335. The van der Waals surface area contributed by atoms with Gasteiger partial charge in [-0.1, -0.05) is 12.8 Å². The topological polar surface area (TPSA) is 90.3 Å². The number of nitriles is 1. The van der Waals surface area contributed by atoms with Gasteiger partial charge in [-0.3, -0.25) is 4.79 Å². The summed E-state index contributed by atoms with van der Waals surface area (Å²) < 4.78 is 27.1. The van der Waals surface area contributed by atoms with E-state index in [2.05, 4.69) is 5.32 Å². The maximum atomic E-state index is 12.8. The van der Waals surface area contributed by atoms with Crippen molar-refractivity contribution in [3.8, 4) is 6.07 Å². The lowest BCUT2D eigenvalue weighted by atomic mass is 10.2. The summed E-state index contributed by atoms with van der Waals surface area (Å²) in [6, 6.07) is 14.5. The number of amides is 1. The lowest BCUT2D eigenvalue weighted by Crippen LogP contribution is -2.31. The Bertz CT molecular complexity index is 937. The van der Waals surface area contributed by atoms with Crippen molar-refractivity contribution in [3.05, 3.63) is 59.7 Å². The van der Waals surface area contributed by atoms with Gasteiger partial charge in [-0.2, -0.15) is 9.57 Å². The second kappa shape index (κ2) is 8.33. The van der Waals surface area contributed by atoms with Crippen molar-refractivity contribution in [2.45, 2.75) is 30.6 Å². The molecule has 0 unspecified atom stereocenters. The van der Waals surface area contributed by atoms with Gasteiger partial charge in [0, 0.05) is 24.3 Å². The molecule has 0 radical (unpaired) electrons. The minimum absolute atomic E-state index is 0.208. The molecule has 7 heteroatoms. The van der Waals surface area contributed by atoms with Crippen molar-refractivity contribution >= 4 is 21.6 Å². The van der Waals surface area contributed by atoms with Crippen LogP contribution in [0.4, 0.5) is 5.69 Å². The molecule has 140 valence electrons. The first-order valence-electron chi connectivity index (χ1n) is 8.92. The summed E-state index contributed by atoms with van der Waals surface area (Å²) in [5, 5.41) is 11.5. The largest absolute Gasteiger partial charge is 0.322 e. The van der Waals surface area contributed by atoms with Gasteiger partial charge in [0.2, 0.25) is 10.0 Å². The van der Waals surface area contributed by atoms with Gasteiger partial charge in [0.05, 0.1) is 16.5 Å². The lowest BCUT2D eigenvalue weighted by molar-refractivity contribution is 0.102. The maximum Gasteiger partial charge on any atom is 0.255 e. The summed E-state index contributed by atoms with van der Waals surface area (Å²) in [6.45, 7) is 1.09. The fourth-order valence-corrected chi connectivity index (χ4v) is 4.56. The molecule has 3 rings (SSSR count). The van der Waals surface area contributed by atoms with Gasteiger partial charge >= 0.3 is 0 Å². The zero-order valence-corrected chi connectivity index (χ0v) is 15.7. The molecule has 1 N–H and O–H groups in total. The van der Waals surface area contributed by atoms with Crippen LogP contribution in [0.15, 0.2) is 53.4 Å². The average molecular weight is 383 g/mol. The number of benzene rings is 2. The maximum absolute atomic E-state index is 12.8. The third-order valence-electron chi connectivity index (χ3n) is 4.59. The highest BCUT2D eigenvalue weighted by Gasteiger charge is 2.25. The Morgan fingerprint density at radius 2 is 1.52 bits per heavy atom. The molecule has 0 atom stereocenters. The highest BCUT2D eigenvalue weighted by atomic mass is 32.2. The summed E-state index contributed by atoms with van der Waals surface area (Å²) >= 11 is 0. The van der Waals surface area contributed by atoms with Crippen LogP contribution in [0.3, 0.4) is 0 Å². The van der Waals surface area contributed by atoms with Crippen molar-refractivity contribution in [3.63, 3.8) is 0 Å². The Morgan fingerprint density at radius 1 is 0.926 bits per heavy atom. The highest BCUT2D eigenvalue weighted by molar-refractivity contribution is 7.89. The monoisotopic (exact) mass is 383 g/mol. The van der Waals surface area contributed by atoms with E-state index in [1.807, 2.05) is 6.07 Å². The van der Waals surface area contributed by atoms with E-state index in [9.17, 15) is 13.2 Å². The molecule has 2 aromatic carbocycles. The van der Waals surface area contributed by atoms with E-state index in [-0.39, 0.29) is 10.8 Å². The molecule has 1 aliphatic heterocycles. The highest BCUT2D eigenvalue weighted by Crippen LogP contribution is 2.21. The molecule has 0 aliphatic carbocycles. The summed E-state index contributed by atoms with van der Waals surface area (Å²) in [4.78, 5) is 12.5. The molecule has 27 heavy (non-hydrogen) atoms. The van der Waals surface area contributed by atoms with Crippen LogP contribution in [0, 0.1) is 11.3 Å². The molecular weight excluding hydrogens is 362 g/mol. The molecule has 2 aromatic rings. The van der Waals surface area contributed by atoms with Crippen LogP contribution in [0.2, 0.25) is 0 Å². The van der Waals surface area contributed by atoms with E-state index in [0.717, 1.165) is 25.7 Å². The first-order valence-corrected chi connectivity index (χ1v) is 10.4. The second-order valence-electron chi connectivity index (χ2n) is 6.49. The normalized spacial score (nSPS) is 15.5. The Hall–Kier alpha value is -2.69. The number of nitrogens with one attached hydrogen (secondary N) is 1. The van der Waals surface area contributed by atoms with Gasteiger partial charge < -0.3 is 5.32 Å². The van der Waals surface area contributed by atoms with Crippen LogP contribution in [-0.2, 0) is 10.0 Å². The van der Waals surface area contributed by atoms with Crippen molar-refractivity contribution in [2.75, 3.05) is 18.4 Å². The summed E-state index contributed by atoms with van der Waals surface area (Å²) in [6.07, 6.45) is 3.87. The second-order valence-corrected chi connectivity index (χ2v) is 8.42. The SMILES string of the molecule is N#Cc1ccc(NC(=O)c2ccc(S(=O)(=O)N3CCCCCC3)cc2)cc1. The molecule has 0 saturated carbocycles. The van der Waals surface area contributed by atoms with E-state index in [1.54, 1.807) is 24.3 Å². The van der Waals surface area contributed by atoms with Gasteiger partial charge in [0.15, 0.2) is 0 Å². The minimum atomic E-state index is -3.52. The number of carbonyl (C=O) groups excluding carboxylic acids is 1. The van der Waals surface area contributed by atoms with Crippen LogP contribution in [-0.4, -0.2) is 31.7 Å². The minimum Gasteiger partial charge on any atom is -0.322 e. The number of rotatable bonds is 4. The first-order chi connectivity index (χ1) is 13.0. The molecule has 1 saturated heterocycles. The predicted octanol–water partition coefficient (Wildman–Crippen LogP) is 3.38. The van der Waals surface area contributed by atoms with Crippen LogP contribution in [0.25, 0.3) is 0 Å². The van der Waals surface area contributed by atoms with E-state index < -0.39 is 10.0 Å². The van der Waals surface area contributed by atoms with Crippen molar-refractivity contribution in [1.29, 1.82) is 5.26 Å². The Labute approximate surface area is 159 Å². The van der Waals surface area contributed by atoms with Gasteiger partial charge in [-0.15, -0.1) is 0 Å². The molecule has 1 amide bonds. The molecular formula is C20H21N3O3S. The summed E-state index contributed by atoms with van der Waals surface area (Å²) in [7, 11) is -3.52. The van der Waals surface area contributed by atoms with Gasteiger partial charge in [-0.25, -0.2) is 8.42 Å². The van der Waals surface area contributed by atoms with Gasteiger partial charge in [0.25, 0.3) is 5.91 Å². The van der Waals surface area contributed by atoms with Crippen molar-refractivity contribution < 1.29 is 13.2 Å². The molecule has 0 aromatic heterocycles. The van der Waals surface area contributed by atoms with Crippen molar-refractivity contribution in [1.82, 2.24) is 4.31 Å². The molecule has 0 spiro atoms. The standard InChI is InChI=1S/C20H21N3O3S/c21-15-16-5-9-18(10-6-16)22-20(24)17-7-11-19(12-8-17)27(25,26)23-13-3-1-2-4-14-23/h5-12H,1-4,13-14H2,(H,22,24). The van der Waals surface area contributed by atoms with Crippen LogP contribution in [0.1, 0.15) is 41.6 Å². The van der Waals surface area contributed by atoms with Crippen LogP contribution < -0.4 is 5.32 Å². The predicted molar refractivity (Wildman–Crippen MR) is 103 cm³/mol. The first kappa shape index (κ1) is 19.1. The Kier molecular flexibility index (Phi) is 5.89. The quantitative estimate of drug-likeness (QED) is 0.876. The number of nitrogens with zero attached hydrogens (tertiary/aromatic N) is 2. The molecule has 1 aliphatic rings. The smallest absolute Gasteiger partial charge is 0.255 e. The Balaban J connectivity index is 1.72. The van der Waals surface area contributed by atoms with E-state index in [1.165, 1.54) is 28.6 Å². The number of hydrogen-bond acceptors (Lipinski definition) is 4. The van der Waals surface area contributed by atoms with Crippen LogP contribution in [0.5, 0.6) is 0 Å². The zero-order chi connectivity index (χ0) is 19.3. The number of anilines is 1. The van der Waals surface area contributed by atoms with Gasteiger partial charge in [-0.05, 0) is 61.4 Å². The van der Waals surface area contributed by atoms with Crippen LogP contribution >= 0.6 is 0 Å². The number of hydrogen-bond donors (Lipinski definition) is 1. The molecule has 6 nitrogen and oxygen atoms in total. The lowest BCUT2D eigenvalue weighted by Gasteiger charge is -2.20. The fraction of sp³-hybridized carbons (Fsp3) is 0.300. The molecule has 1 fully saturated rings. The number of sulfonamides is 1. The van der Waals surface area contributed by atoms with E-state index in [4.69, 9.17) is 5.26 Å². The van der Waals surface area contributed by atoms with Crippen molar-refractivity contribution in [2.24, 2.45) is 0 Å². The third kappa shape index (κ3) is 4.54. The summed E-state index contributed by atoms with van der Waals surface area (Å²) in [5.41, 5.74) is 1.45. The van der Waals surface area contributed by atoms with Gasteiger partial charge in [0.1, 0.15) is 0 Å². The zero-order valence-electron chi connectivity index (χ0n) is 14.9. The fourth-order valence-electron chi connectivity index (χ4n) is 3.04.